The van der Waals surface area contributed by atoms with Crippen molar-refractivity contribution < 1.29 is 32.2 Å². The maximum absolute atomic E-state index is 13.7. The fourth-order valence-corrected chi connectivity index (χ4v) is 5.89. The van der Waals surface area contributed by atoms with Gasteiger partial charge in [0.25, 0.3) is 11.8 Å². The Bertz CT molecular complexity index is 1540. The molecule has 41 heavy (non-hydrogen) atoms. The first-order valence-electron chi connectivity index (χ1n) is 13.1. The second-order valence-electron chi connectivity index (χ2n) is 10.3. The van der Waals surface area contributed by atoms with Crippen LogP contribution >= 0.6 is 0 Å². The van der Waals surface area contributed by atoms with Gasteiger partial charge in [0, 0.05) is 26.6 Å². The van der Waals surface area contributed by atoms with Crippen LogP contribution in [0.1, 0.15) is 40.4 Å². The summed E-state index contributed by atoms with van der Waals surface area (Å²) in [5.41, 5.74) is 1.33. The highest BCUT2D eigenvalue weighted by Gasteiger charge is 2.36. The minimum Gasteiger partial charge on any atom is -0.486 e. The van der Waals surface area contributed by atoms with Crippen molar-refractivity contribution in [2.75, 3.05) is 32.1 Å². The van der Waals surface area contributed by atoms with Gasteiger partial charge < -0.3 is 20.1 Å². The Kier molecular flexibility index (Phi) is 8.80. The molecular formula is C28H34FN5O6S. The van der Waals surface area contributed by atoms with E-state index in [1.165, 1.54) is 28.8 Å². The molecule has 4 rings (SSSR count). The Morgan fingerprint density at radius 1 is 1.27 bits per heavy atom. The Balaban J connectivity index is 1.73. The molecule has 0 aliphatic carbocycles. The normalized spacial score (nSPS) is 18.3. The molecule has 11 nitrogen and oxygen atoms in total. The molecule has 2 amide bonds. The number of carbonyl (C=O) groups excluding carboxylic acids is 2. The number of nitrogens with one attached hydrogen (secondary N) is 1. The monoisotopic (exact) mass is 587 g/mol. The number of anilines is 1. The molecule has 1 aromatic heterocycles. The van der Waals surface area contributed by atoms with Crippen molar-refractivity contribution in [1.29, 1.82) is 0 Å². The van der Waals surface area contributed by atoms with Gasteiger partial charge in [-0.3, -0.25) is 14.3 Å². The number of aliphatic hydroxyl groups excluding tert-OH is 1. The average molecular weight is 588 g/mol. The van der Waals surface area contributed by atoms with Crippen LogP contribution in [-0.4, -0.2) is 83.2 Å². The predicted octanol–water partition coefficient (Wildman–Crippen LogP) is 2.66. The summed E-state index contributed by atoms with van der Waals surface area (Å²) in [5, 5.41) is 16.9. The molecule has 13 heteroatoms. The van der Waals surface area contributed by atoms with Crippen LogP contribution in [0.5, 0.6) is 5.75 Å². The molecule has 1 aliphatic heterocycles. The minimum atomic E-state index is -4.00. The average Bonchev–Trinajstić information content (AvgIpc) is 3.28. The van der Waals surface area contributed by atoms with Gasteiger partial charge in [0.05, 0.1) is 41.0 Å². The number of rotatable bonds is 8. The number of fused-ring (bicyclic) bond motifs is 1. The zero-order valence-corrected chi connectivity index (χ0v) is 24.4. The van der Waals surface area contributed by atoms with Crippen LogP contribution in [-0.2, 0) is 17.1 Å². The van der Waals surface area contributed by atoms with E-state index in [2.05, 4.69) is 10.4 Å². The van der Waals surface area contributed by atoms with Crippen LogP contribution in [0.2, 0.25) is 0 Å². The van der Waals surface area contributed by atoms with Crippen molar-refractivity contribution in [2.24, 2.45) is 13.0 Å². The van der Waals surface area contributed by atoms with Crippen LogP contribution in [0.25, 0.3) is 0 Å². The lowest BCUT2D eigenvalue weighted by Gasteiger charge is -2.38. The van der Waals surface area contributed by atoms with E-state index in [0.717, 1.165) is 16.4 Å². The number of hydrogen-bond acceptors (Lipinski definition) is 7. The molecule has 3 atom stereocenters. The minimum absolute atomic E-state index is 0.0783. The number of aliphatic hydroxyl groups is 1. The fourth-order valence-electron chi connectivity index (χ4n) is 4.71. The number of ether oxygens (including phenoxy) is 1. The van der Waals surface area contributed by atoms with Crippen molar-refractivity contribution in [3.63, 3.8) is 0 Å². The van der Waals surface area contributed by atoms with Crippen molar-refractivity contribution >= 4 is 27.5 Å². The van der Waals surface area contributed by atoms with Gasteiger partial charge in [0.1, 0.15) is 17.6 Å². The first kappa shape index (κ1) is 30.2. The summed E-state index contributed by atoms with van der Waals surface area (Å²) in [6, 6.07) is 10.4. The summed E-state index contributed by atoms with van der Waals surface area (Å²) in [5.74, 6) is -1.73. The van der Waals surface area contributed by atoms with Gasteiger partial charge in [-0.15, -0.1) is 0 Å². The lowest BCUT2D eigenvalue weighted by molar-refractivity contribution is 0.0388. The van der Waals surface area contributed by atoms with Crippen LogP contribution in [0.15, 0.2) is 53.4 Å². The summed E-state index contributed by atoms with van der Waals surface area (Å²) >= 11 is 0. The van der Waals surface area contributed by atoms with Crippen LogP contribution in [0.4, 0.5) is 10.1 Å². The van der Waals surface area contributed by atoms with E-state index < -0.39 is 45.7 Å². The van der Waals surface area contributed by atoms with E-state index in [0.29, 0.717) is 11.4 Å². The molecule has 0 fully saturated rings. The number of nitrogens with zero attached hydrogens (tertiary/aromatic N) is 4. The van der Waals surface area contributed by atoms with Crippen LogP contribution in [0, 0.1) is 18.7 Å². The summed E-state index contributed by atoms with van der Waals surface area (Å²) in [7, 11) is -0.968. The molecule has 0 unspecified atom stereocenters. The van der Waals surface area contributed by atoms with Crippen molar-refractivity contribution in [3.05, 3.63) is 71.3 Å². The van der Waals surface area contributed by atoms with E-state index in [4.69, 9.17) is 4.74 Å². The molecule has 0 saturated heterocycles. The van der Waals surface area contributed by atoms with E-state index in [9.17, 15) is 27.5 Å². The molecule has 0 bridgehead atoms. The molecule has 2 aromatic carbocycles. The van der Waals surface area contributed by atoms with Gasteiger partial charge in [-0.1, -0.05) is 13.0 Å². The largest absolute Gasteiger partial charge is 0.486 e. The predicted molar refractivity (Wildman–Crippen MR) is 150 cm³/mol. The molecule has 2 heterocycles. The molecule has 0 saturated carbocycles. The topological polar surface area (TPSA) is 134 Å². The second kappa shape index (κ2) is 12.0. The molecule has 2 N–H and O–H groups in total. The molecule has 220 valence electrons. The highest BCUT2D eigenvalue weighted by Crippen LogP contribution is 2.35. The van der Waals surface area contributed by atoms with Crippen LogP contribution < -0.4 is 10.1 Å². The number of amides is 2. The zero-order chi connectivity index (χ0) is 30.1. The first-order valence-corrected chi connectivity index (χ1v) is 14.5. The number of benzene rings is 2. The van der Waals surface area contributed by atoms with Crippen molar-refractivity contribution in [3.8, 4) is 5.75 Å². The number of likely N-dealkylation sites (N-methyl/N-ethyl adjacent to an activating group) is 1. The molecule has 1 aliphatic rings. The lowest BCUT2D eigenvalue weighted by Crippen LogP contribution is -2.50. The standard InChI is InChI=1S/C28H34FN5O6S/c1-17-14-34(19(3)16-35)28(37)22-7-6-8-23(30-27(36)24-13-18(2)31-33(24)5)26(22)40-25(17)15-32(4)41(38,39)21-11-9-20(29)10-12-21/h6-13,17,19,25,35H,14-16H2,1-5H3,(H,30,36)/t17-,19-,25-/m1/s1. The zero-order valence-electron chi connectivity index (χ0n) is 23.5. The number of hydrogen-bond donors (Lipinski definition) is 2. The highest BCUT2D eigenvalue weighted by atomic mass is 32.2. The number of aromatic nitrogens is 2. The van der Waals surface area contributed by atoms with Gasteiger partial charge in [0.2, 0.25) is 10.0 Å². The summed E-state index contributed by atoms with van der Waals surface area (Å²) < 4.78 is 48.9. The summed E-state index contributed by atoms with van der Waals surface area (Å²) in [6.45, 7) is 5.07. The number of sulfonamides is 1. The highest BCUT2D eigenvalue weighted by molar-refractivity contribution is 7.89. The van der Waals surface area contributed by atoms with Gasteiger partial charge in [-0.2, -0.15) is 9.40 Å². The Morgan fingerprint density at radius 3 is 2.56 bits per heavy atom. The molecule has 0 radical (unpaired) electrons. The van der Waals surface area contributed by atoms with Crippen molar-refractivity contribution in [2.45, 2.75) is 37.8 Å². The Labute approximate surface area is 238 Å². The van der Waals surface area contributed by atoms with E-state index in [1.54, 1.807) is 45.2 Å². The van der Waals surface area contributed by atoms with E-state index >= 15 is 0 Å². The van der Waals surface area contributed by atoms with E-state index in [1.807, 2.05) is 6.92 Å². The van der Waals surface area contributed by atoms with Crippen LogP contribution in [0.3, 0.4) is 0 Å². The SMILES string of the molecule is Cc1cc(C(=O)Nc2cccc3c2O[C@H](CN(C)S(=O)(=O)c2ccc(F)cc2)[C@H](C)CN([C@H](C)CO)C3=O)n(C)n1. The van der Waals surface area contributed by atoms with Gasteiger partial charge in [-0.25, -0.2) is 12.8 Å². The fraction of sp³-hybridized carbons (Fsp3) is 0.393. The Morgan fingerprint density at radius 2 is 1.95 bits per heavy atom. The first-order chi connectivity index (χ1) is 19.3. The maximum Gasteiger partial charge on any atom is 0.274 e. The number of carbonyl (C=O) groups is 2. The van der Waals surface area contributed by atoms with Gasteiger partial charge in [0.15, 0.2) is 5.75 Å². The quantitative estimate of drug-likeness (QED) is 0.414. The summed E-state index contributed by atoms with van der Waals surface area (Å²) in [4.78, 5) is 28.3. The third-order valence-corrected chi connectivity index (χ3v) is 8.97. The third-order valence-electron chi connectivity index (χ3n) is 7.13. The molecular weight excluding hydrogens is 553 g/mol. The smallest absolute Gasteiger partial charge is 0.274 e. The molecule has 0 spiro atoms. The van der Waals surface area contributed by atoms with Gasteiger partial charge in [-0.05, 0) is 56.3 Å². The van der Waals surface area contributed by atoms with E-state index in [-0.39, 0.29) is 41.6 Å². The number of para-hydroxylation sites is 1. The molecule has 3 aromatic rings. The second-order valence-corrected chi connectivity index (χ2v) is 12.3. The third kappa shape index (κ3) is 6.26. The number of halogens is 1. The van der Waals surface area contributed by atoms with Crippen molar-refractivity contribution in [1.82, 2.24) is 19.0 Å². The summed E-state index contributed by atoms with van der Waals surface area (Å²) in [6.07, 6.45) is -0.771. The Hall–Kier alpha value is -3.81. The lowest BCUT2D eigenvalue weighted by atomic mass is 9.99. The number of aryl methyl sites for hydroxylation is 2. The maximum atomic E-state index is 13.7. The van der Waals surface area contributed by atoms with Gasteiger partial charge >= 0.3 is 0 Å².